The number of fused-ring (bicyclic) bond motifs is 12. The number of phenols is 16. The molecule has 2 aromatic heterocycles. The van der Waals surface area contributed by atoms with E-state index in [1.165, 1.54) is 0 Å². The first kappa shape index (κ1) is 59.9. The highest BCUT2D eigenvalue weighted by molar-refractivity contribution is 6.31. The summed E-state index contributed by atoms with van der Waals surface area (Å²) in [4.78, 5) is 0. The maximum Gasteiger partial charge on any atom is 0.204 e. The molecule has 18 rings (SSSR count). The fraction of sp³-hybridized carbons (Fsp3) is 0. The number of benzene rings is 16. The molecule has 0 saturated heterocycles. The SMILES string of the molecule is Oc1c(O)c(O)c2c(-c3ccc4oc5cc6c(-c7ccc(-c8cc(-c9ccccc9)cc(-c9c%10c(O)c(O)c(O)c(O)c%10c(-c%10ccc%11oc%12cc%13ccccc%13cc%12c%11c%10)c%10c(O)c(O)c(O)c(O)c9%10)c8)cc7)cccc6cc5c4c3)c3c(O)c(O)c(O)c(O)c3c(-c3ccccc3)c2c1O. The van der Waals surface area contributed by atoms with Gasteiger partial charge in [-0.1, -0.05) is 140 Å². The third-order valence-electron chi connectivity index (χ3n) is 19.9. The molecule has 0 aliphatic carbocycles. The van der Waals surface area contributed by atoms with Gasteiger partial charge < -0.3 is 90.5 Å². The predicted octanol–water partition coefficient (Wildman–Crippen LogP) is 19.4. The molecule has 0 unspecified atom stereocenters. The van der Waals surface area contributed by atoms with Crippen molar-refractivity contribution >= 4 is 109 Å². The molecular weight excluding hydrogens is 1300 g/mol. The Morgan fingerprint density at radius 3 is 0.902 bits per heavy atom. The molecular formula is C84H50O18. The topological polar surface area (TPSA) is 350 Å². The van der Waals surface area contributed by atoms with Crippen LogP contribution in [0.3, 0.4) is 0 Å². The van der Waals surface area contributed by atoms with Crippen LogP contribution in [0, 0.1) is 0 Å². The fourth-order valence-electron chi connectivity index (χ4n) is 15.1. The molecule has 18 heteroatoms. The van der Waals surface area contributed by atoms with Gasteiger partial charge in [-0.15, -0.1) is 0 Å². The minimum Gasteiger partial charge on any atom is -0.504 e. The minimum atomic E-state index is -1.12. The Balaban J connectivity index is 0.800. The summed E-state index contributed by atoms with van der Waals surface area (Å²) in [6.45, 7) is 0. The summed E-state index contributed by atoms with van der Waals surface area (Å²) in [6, 6.07) is 61.2. The van der Waals surface area contributed by atoms with Crippen molar-refractivity contribution in [2.24, 2.45) is 0 Å². The van der Waals surface area contributed by atoms with Crippen LogP contribution >= 0.6 is 0 Å². The molecule has 0 radical (unpaired) electrons. The molecule has 0 amide bonds. The summed E-state index contributed by atoms with van der Waals surface area (Å²) in [7, 11) is 0. The number of rotatable bonds is 7. The van der Waals surface area contributed by atoms with E-state index in [9.17, 15) is 81.7 Å². The van der Waals surface area contributed by atoms with Crippen LogP contribution in [0.5, 0.6) is 92.0 Å². The van der Waals surface area contributed by atoms with Crippen molar-refractivity contribution in [1.82, 2.24) is 0 Å². The molecule has 0 aliphatic heterocycles. The summed E-state index contributed by atoms with van der Waals surface area (Å²) in [5.74, 6) is -16.2. The molecule has 102 heavy (non-hydrogen) atoms. The Labute approximate surface area is 572 Å². The second-order valence-corrected chi connectivity index (χ2v) is 25.4. The van der Waals surface area contributed by atoms with Gasteiger partial charge in [-0.2, -0.15) is 0 Å². The molecule has 0 spiro atoms. The van der Waals surface area contributed by atoms with Crippen molar-refractivity contribution in [3.8, 4) is 170 Å². The van der Waals surface area contributed by atoms with Gasteiger partial charge in [-0.3, -0.25) is 0 Å². The van der Waals surface area contributed by atoms with Crippen molar-refractivity contribution in [3.63, 3.8) is 0 Å². The number of hydrogen-bond donors (Lipinski definition) is 16. The van der Waals surface area contributed by atoms with E-state index in [1.807, 2.05) is 127 Å². The lowest BCUT2D eigenvalue weighted by atomic mass is 9.82. The van der Waals surface area contributed by atoms with Gasteiger partial charge in [0.1, 0.15) is 22.3 Å². The van der Waals surface area contributed by atoms with Crippen molar-refractivity contribution in [3.05, 3.63) is 206 Å². The van der Waals surface area contributed by atoms with Crippen molar-refractivity contribution in [2.45, 2.75) is 0 Å². The Kier molecular flexibility index (Phi) is 12.6. The van der Waals surface area contributed by atoms with Crippen LogP contribution in [-0.2, 0) is 0 Å². The second kappa shape index (κ2) is 21.5. The number of phenolic OH excluding ortho intramolecular Hbond substituents is 16. The van der Waals surface area contributed by atoms with Gasteiger partial charge in [0.2, 0.25) is 46.0 Å². The first-order chi connectivity index (χ1) is 49.3. The van der Waals surface area contributed by atoms with E-state index in [1.54, 1.807) is 78.9 Å². The second-order valence-electron chi connectivity index (χ2n) is 25.4. The van der Waals surface area contributed by atoms with Gasteiger partial charge in [-0.25, -0.2) is 0 Å². The number of aromatic hydroxyl groups is 16. The van der Waals surface area contributed by atoms with Crippen LogP contribution in [0.4, 0.5) is 0 Å². The predicted molar refractivity (Wildman–Crippen MR) is 391 cm³/mol. The molecule has 18 nitrogen and oxygen atoms in total. The molecule has 0 atom stereocenters. The summed E-state index contributed by atoms with van der Waals surface area (Å²) < 4.78 is 12.9. The summed E-state index contributed by atoms with van der Waals surface area (Å²) >= 11 is 0. The van der Waals surface area contributed by atoms with E-state index in [4.69, 9.17) is 8.83 Å². The number of hydrogen-bond acceptors (Lipinski definition) is 18. The van der Waals surface area contributed by atoms with Crippen LogP contribution in [0.25, 0.3) is 186 Å². The van der Waals surface area contributed by atoms with E-state index in [0.717, 1.165) is 32.7 Å². The Hall–Kier alpha value is -14.5. The zero-order valence-electron chi connectivity index (χ0n) is 52.6. The number of furan rings is 2. The van der Waals surface area contributed by atoms with Gasteiger partial charge in [0, 0.05) is 86.9 Å². The van der Waals surface area contributed by atoms with Gasteiger partial charge in [0.25, 0.3) is 0 Å². The summed E-state index contributed by atoms with van der Waals surface area (Å²) in [6.07, 6.45) is 0. The molecule has 0 aliphatic rings. The average molecular weight is 1350 g/mol. The molecule has 2 heterocycles. The van der Waals surface area contributed by atoms with Gasteiger partial charge in [-0.05, 0) is 144 Å². The van der Waals surface area contributed by atoms with E-state index in [2.05, 4.69) is 0 Å². The molecule has 16 N–H and O–H groups in total. The highest BCUT2D eigenvalue weighted by Gasteiger charge is 2.36. The zero-order valence-corrected chi connectivity index (χ0v) is 52.6. The quantitative estimate of drug-likeness (QED) is 0.0400. The highest BCUT2D eigenvalue weighted by atomic mass is 16.4. The van der Waals surface area contributed by atoms with Crippen LogP contribution in [-0.4, -0.2) is 81.7 Å². The molecule has 18 aromatic rings. The third kappa shape index (κ3) is 8.34. The van der Waals surface area contributed by atoms with Crippen molar-refractivity contribution in [1.29, 1.82) is 0 Å². The van der Waals surface area contributed by atoms with Crippen molar-refractivity contribution in [2.75, 3.05) is 0 Å². The Bertz CT molecular complexity index is 6630. The molecule has 0 fully saturated rings. The van der Waals surface area contributed by atoms with Crippen molar-refractivity contribution < 1.29 is 90.5 Å². The molecule has 494 valence electrons. The largest absolute Gasteiger partial charge is 0.504 e. The van der Waals surface area contributed by atoms with Crippen LogP contribution in [0.1, 0.15) is 0 Å². The minimum absolute atomic E-state index is 0.0798. The highest BCUT2D eigenvalue weighted by Crippen LogP contribution is 2.65. The van der Waals surface area contributed by atoms with Gasteiger partial charge in [0.05, 0.1) is 0 Å². The monoisotopic (exact) mass is 1350 g/mol. The molecule has 16 aromatic carbocycles. The molecule has 0 saturated carbocycles. The Morgan fingerprint density at radius 2 is 0.471 bits per heavy atom. The fourth-order valence-corrected chi connectivity index (χ4v) is 15.1. The van der Waals surface area contributed by atoms with Crippen LogP contribution in [0.15, 0.2) is 215 Å². The smallest absolute Gasteiger partial charge is 0.204 e. The Morgan fingerprint density at radius 1 is 0.167 bits per heavy atom. The molecule has 0 bridgehead atoms. The maximum absolute atomic E-state index is 12.3. The summed E-state index contributed by atoms with van der Waals surface area (Å²) in [5.41, 5.74) is 6.32. The first-order valence-electron chi connectivity index (χ1n) is 31.9. The van der Waals surface area contributed by atoms with Crippen LogP contribution in [0.2, 0.25) is 0 Å². The zero-order chi connectivity index (χ0) is 70.3. The van der Waals surface area contributed by atoms with Gasteiger partial charge >= 0.3 is 0 Å². The average Bonchev–Trinajstić information content (AvgIpc) is 0.953. The van der Waals surface area contributed by atoms with Crippen LogP contribution < -0.4 is 0 Å². The third-order valence-corrected chi connectivity index (χ3v) is 19.9. The maximum atomic E-state index is 12.3. The standard InChI is InChI=1S/C84H50O18/c85-69-61-57(38-12-5-2-6-13-38)62-64(72(88)80(96)78(94)70(62)86)58(63(61)71(87)79(95)77(69)93)43-23-25-54-50(32-43)52-30-41-16-9-17-47(48(41)34-56(52)102-54)37-20-18-36(19-21-37)45-26-44(35-10-3-1-4-11-35)27-46(28-45)60-67-65(73(89)81(97)83(99)75(67)91)59(66-68(60)76(92)84(100)82(98)74(66)90)42-22-24-53-49(31-42)51-29-39-14-7-8-15-40(39)33-55(51)101-53/h1-34,85-100H. The summed E-state index contributed by atoms with van der Waals surface area (Å²) in [5, 5.41) is 190. The van der Waals surface area contributed by atoms with E-state index < -0.39 is 92.0 Å². The lowest BCUT2D eigenvalue weighted by Gasteiger charge is -2.23. The van der Waals surface area contributed by atoms with E-state index in [-0.39, 0.29) is 87.6 Å². The lowest BCUT2D eigenvalue weighted by molar-refractivity contribution is 0.350. The lowest BCUT2D eigenvalue weighted by Crippen LogP contribution is -1.95. The van der Waals surface area contributed by atoms with Gasteiger partial charge in [0.15, 0.2) is 46.0 Å². The normalized spacial score (nSPS) is 12.0. The first-order valence-corrected chi connectivity index (χ1v) is 31.9. The van der Waals surface area contributed by atoms with E-state index in [0.29, 0.717) is 66.1 Å². The van der Waals surface area contributed by atoms with E-state index >= 15 is 0 Å².